The van der Waals surface area contributed by atoms with E-state index in [1.54, 1.807) is 13.8 Å². The maximum Gasteiger partial charge on any atom is 0.307 e. The molecule has 0 spiro atoms. The molecule has 2 amide bonds. The van der Waals surface area contributed by atoms with E-state index in [0.29, 0.717) is 0 Å². The molecule has 1 rings (SSSR count). The van der Waals surface area contributed by atoms with Crippen molar-refractivity contribution >= 4 is 23.2 Å². The van der Waals surface area contributed by atoms with Crippen molar-refractivity contribution in [3.05, 3.63) is 23.7 Å². The van der Waals surface area contributed by atoms with E-state index in [2.05, 4.69) is 21.1 Å². The monoisotopic (exact) mass is 292 g/mol. The van der Waals surface area contributed by atoms with Gasteiger partial charge in [0.15, 0.2) is 11.5 Å². The number of hydrogen-bond acceptors (Lipinski definition) is 5. The lowest BCUT2D eigenvalue weighted by atomic mass is 10.3. The largest absolute Gasteiger partial charge is 0.446 e. The Balaban J connectivity index is 2.68. The minimum Gasteiger partial charge on any atom is -0.446 e. The van der Waals surface area contributed by atoms with Crippen molar-refractivity contribution in [3.63, 3.8) is 0 Å². The quantitative estimate of drug-likeness (QED) is 0.622. The molecular formula is C14H20N4O3. The normalized spacial score (nSPS) is 12.2. The fraction of sp³-hybridized carbons (Fsp3) is 0.429. The maximum absolute atomic E-state index is 11.7. The summed E-state index contributed by atoms with van der Waals surface area (Å²) in [5.74, 6) is -0.974. The van der Waals surface area contributed by atoms with Crippen LogP contribution in [0.3, 0.4) is 0 Å². The highest BCUT2D eigenvalue weighted by atomic mass is 16.4. The minimum absolute atomic E-state index is 0.0176. The van der Waals surface area contributed by atoms with Gasteiger partial charge in [-0.1, -0.05) is 13.8 Å². The lowest BCUT2D eigenvalue weighted by Crippen LogP contribution is -2.19. The second-order valence-electron chi connectivity index (χ2n) is 4.45. The Kier molecular flexibility index (Phi) is 6.32. The van der Waals surface area contributed by atoms with E-state index in [1.165, 1.54) is 12.1 Å². The Hall–Kier alpha value is -2.44. The van der Waals surface area contributed by atoms with Crippen LogP contribution in [0.5, 0.6) is 0 Å². The van der Waals surface area contributed by atoms with E-state index in [1.807, 2.05) is 13.8 Å². The molecule has 0 saturated heterocycles. The van der Waals surface area contributed by atoms with Crippen LogP contribution in [0, 0.1) is 0 Å². The number of hydrogen-bond donors (Lipinski definition) is 2. The highest BCUT2D eigenvalue weighted by Gasteiger charge is 2.15. The second-order valence-corrected chi connectivity index (χ2v) is 4.45. The highest BCUT2D eigenvalue weighted by molar-refractivity contribution is 5.96. The summed E-state index contributed by atoms with van der Waals surface area (Å²) in [5.41, 5.74) is 6.29. The molecule has 2 N–H and O–H groups in total. The van der Waals surface area contributed by atoms with Gasteiger partial charge in [0, 0.05) is 11.4 Å². The van der Waals surface area contributed by atoms with Crippen LogP contribution in [0.1, 0.15) is 61.6 Å². The van der Waals surface area contributed by atoms with E-state index in [4.69, 9.17) is 4.42 Å². The number of amides is 2. The van der Waals surface area contributed by atoms with E-state index < -0.39 is 11.8 Å². The zero-order valence-electron chi connectivity index (χ0n) is 12.7. The molecule has 1 aromatic rings. The molecule has 0 aliphatic carbocycles. The van der Waals surface area contributed by atoms with Crippen molar-refractivity contribution in [2.45, 2.75) is 40.5 Å². The Morgan fingerprint density at radius 1 is 0.952 bits per heavy atom. The van der Waals surface area contributed by atoms with Gasteiger partial charge in [0.05, 0.1) is 0 Å². The summed E-state index contributed by atoms with van der Waals surface area (Å²) in [4.78, 5) is 23.5. The molecule has 0 aromatic carbocycles. The van der Waals surface area contributed by atoms with E-state index in [9.17, 15) is 9.59 Å². The number of carbonyl (C=O) groups is 2. The molecule has 1 aromatic heterocycles. The van der Waals surface area contributed by atoms with Crippen LogP contribution in [-0.4, -0.2) is 23.2 Å². The summed E-state index contributed by atoms with van der Waals surface area (Å²) in [6, 6.07) is 2.83. The first-order valence-corrected chi connectivity index (χ1v) is 6.74. The van der Waals surface area contributed by atoms with Gasteiger partial charge in [-0.15, -0.1) is 0 Å². The van der Waals surface area contributed by atoms with Crippen LogP contribution < -0.4 is 10.9 Å². The Bertz CT molecular complexity index is 524. The third-order valence-electron chi connectivity index (χ3n) is 2.77. The van der Waals surface area contributed by atoms with Crippen molar-refractivity contribution in [1.29, 1.82) is 0 Å². The van der Waals surface area contributed by atoms with Gasteiger partial charge in [-0.05, 0) is 38.8 Å². The topological polar surface area (TPSA) is 96.1 Å². The summed E-state index contributed by atoms with van der Waals surface area (Å²) in [5, 5.41) is 7.76. The number of furan rings is 1. The zero-order chi connectivity index (χ0) is 15.8. The third kappa shape index (κ3) is 5.21. The van der Waals surface area contributed by atoms with Gasteiger partial charge < -0.3 is 4.42 Å². The Morgan fingerprint density at radius 3 is 1.67 bits per heavy atom. The molecule has 0 aliphatic rings. The lowest BCUT2D eigenvalue weighted by molar-refractivity contribution is 0.0902. The SMILES string of the molecule is CC/C(C)=N/NC(=O)c1ccc(C(=O)N/N=C(\C)CC)o1. The number of nitrogens with zero attached hydrogens (tertiary/aromatic N) is 2. The molecule has 7 nitrogen and oxygen atoms in total. The number of rotatable bonds is 6. The van der Waals surface area contributed by atoms with E-state index in [-0.39, 0.29) is 11.5 Å². The number of carbonyl (C=O) groups excluding carboxylic acids is 2. The van der Waals surface area contributed by atoms with Crippen molar-refractivity contribution < 1.29 is 14.0 Å². The molecule has 0 saturated carbocycles. The highest BCUT2D eigenvalue weighted by Crippen LogP contribution is 2.08. The summed E-state index contributed by atoms with van der Waals surface area (Å²) in [7, 11) is 0. The molecule has 21 heavy (non-hydrogen) atoms. The van der Waals surface area contributed by atoms with Gasteiger partial charge in [-0.25, -0.2) is 10.9 Å². The second kappa shape index (κ2) is 7.98. The summed E-state index contributed by atoms with van der Waals surface area (Å²) in [6.07, 6.45) is 1.47. The number of hydrazone groups is 2. The molecule has 0 unspecified atom stereocenters. The van der Waals surface area contributed by atoms with Gasteiger partial charge in [0.1, 0.15) is 0 Å². The lowest BCUT2D eigenvalue weighted by Gasteiger charge is -1.99. The van der Waals surface area contributed by atoms with Gasteiger partial charge in [-0.3, -0.25) is 9.59 Å². The van der Waals surface area contributed by atoms with Crippen LogP contribution in [-0.2, 0) is 0 Å². The fourth-order valence-corrected chi connectivity index (χ4v) is 1.14. The summed E-state index contributed by atoms with van der Waals surface area (Å²) in [6.45, 7) is 7.46. The predicted molar refractivity (Wildman–Crippen MR) is 80.4 cm³/mol. The van der Waals surface area contributed by atoms with E-state index >= 15 is 0 Å². The molecule has 0 radical (unpaired) electrons. The fourth-order valence-electron chi connectivity index (χ4n) is 1.14. The van der Waals surface area contributed by atoms with Crippen LogP contribution in [0.2, 0.25) is 0 Å². The van der Waals surface area contributed by atoms with Gasteiger partial charge in [-0.2, -0.15) is 10.2 Å². The van der Waals surface area contributed by atoms with Crippen LogP contribution >= 0.6 is 0 Å². The first kappa shape index (κ1) is 16.6. The van der Waals surface area contributed by atoms with Crippen LogP contribution in [0.4, 0.5) is 0 Å². The summed E-state index contributed by atoms with van der Waals surface area (Å²) < 4.78 is 5.18. The van der Waals surface area contributed by atoms with Crippen LogP contribution in [0.15, 0.2) is 26.8 Å². The van der Waals surface area contributed by atoms with Gasteiger partial charge >= 0.3 is 11.8 Å². The molecule has 0 fully saturated rings. The maximum atomic E-state index is 11.7. The van der Waals surface area contributed by atoms with E-state index in [0.717, 1.165) is 24.3 Å². The standard InChI is InChI=1S/C14H20N4O3/c1-5-9(3)15-17-13(19)11-7-8-12(21-11)14(20)18-16-10(4)6-2/h7-8H,5-6H2,1-4H3,(H,17,19)(H,18,20)/b15-9+,16-10+. The minimum atomic E-state index is -0.505. The van der Waals surface area contributed by atoms with Crippen molar-refractivity contribution in [1.82, 2.24) is 10.9 Å². The average molecular weight is 292 g/mol. The molecule has 0 aliphatic heterocycles. The third-order valence-corrected chi connectivity index (χ3v) is 2.77. The average Bonchev–Trinajstić information content (AvgIpc) is 2.99. The van der Waals surface area contributed by atoms with Crippen LogP contribution in [0.25, 0.3) is 0 Å². The Morgan fingerprint density at radius 2 is 1.33 bits per heavy atom. The van der Waals surface area contributed by atoms with Crippen molar-refractivity contribution in [2.75, 3.05) is 0 Å². The predicted octanol–water partition coefficient (Wildman–Crippen LogP) is 2.31. The molecule has 0 atom stereocenters. The smallest absolute Gasteiger partial charge is 0.307 e. The molecular weight excluding hydrogens is 272 g/mol. The van der Waals surface area contributed by atoms with Crippen molar-refractivity contribution in [2.24, 2.45) is 10.2 Å². The molecule has 114 valence electrons. The summed E-state index contributed by atoms with van der Waals surface area (Å²) >= 11 is 0. The molecule has 7 heteroatoms. The van der Waals surface area contributed by atoms with Gasteiger partial charge in [0.25, 0.3) is 0 Å². The molecule has 0 bridgehead atoms. The molecule has 1 heterocycles. The number of nitrogens with one attached hydrogen (secondary N) is 2. The first-order chi connectivity index (χ1) is 9.97. The zero-order valence-corrected chi connectivity index (χ0v) is 12.7. The first-order valence-electron chi connectivity index (χ1n) is 6.74. The Labute approximate surface area is 123 Å². The van der Waals surface area contributed by atoms with Gasteiger partial charge in [0.2, 0.25) is 0 Å². The van der Waals surface area contributed by atoms with Crippen molar-refractivity contribution in [3.8, 4) is 0 Å².